The molecule has 40 heavy (non-hydrogen) atoms. The van der Waals surface area contributed by atoms with Gasteiger partial charge in [0.05, 0.1) is 43.3 Å². The van der Waals surface area contributed by atoms with Crippen LogP contribution in [0.15, 0.2) is 91.1 Å². The van der Waals surface area contributed by atoms with Gasteiger partial charge in [-0.15, -0.1) is 5.10 Å². The largest absolute Gasteiger partial charge is 0.394 e. The summed E-state index contributed by atoms with van der Waals surface area (Å²) >= 11 is 0. The van der Waals surface area contributed by atoms with Gasteiger partial charge in [-0.1, -0.05) is 89.9 Å². The first-order valence-corrected chi connectivity index (χ1v) is 14.3. The smallest absolute Gasteiger partial charge is 0.113 e. The molecule has 0 unspecified atom stereocenters. The summed E-state index contributed by atoms with van der Waals surface area (Å²) < 4.78 is 14.9. The molecule has 6 nitrogen and oxygen atoms in total. The molecule has 0 amide bonds. The summed E-state index contributed by atoms with van der Waals surface area (Å²) in [6.07, 6.45) is 6.93. The number of aliphatic hydroxyl groups excluding tert-OH is 1. The molecule has 6 heteroatoms. The maximum absolute atomic E-state index is 9.67. The van der Waals surface area contributed by atoms with E-state index >= 15 is 0 Å². The fraction of sp³-hybridized carbons (Fsp3) is 0.353. The van der Waals surface area contributed by atoms with E-state index in [0.29, 0.717) is 0 Å². The normalized spacial score (nSPS) is 24.1. The number of ether oxygens (including phenoxy) is 2. The number of hydrogen-bond acceptors (Lipinski definition) is 5. The van der Waals surface area contributed by atoms with E-state index in [-0.39, 0.29) is 37.1 Å². The van der Waals surface area contributed by atoms with Crippen molar-refractivity contribution in [1.29, 1.82) is 0 Å². The molecule has 0 aliphatic carbocycles. The lowest BCUT2D eigenvalue weighted by molar-refractivity contribution is -0.209. The zero-order valence-electron chi connectivity index (χ0n) is 22.6. The van der Waals surface area contributed by atoms with Crippen LogP contribution >= 0.6 is 0 Å². The van der Waals surface area contributed by atoms with Crippen LogP contribution in [0.1, 0.15) is 48.4 Å². The Bertz CT molecular complexity index is 1430. The van der Waals surface area contributed by atoms with Crippen LogP contribution in [0.25, 0.3) is 11.3 Å². The number of benzene rings is 3. The number of fused-ring (bicyclic) bond motifs is 1. The molecule has 0 bridgehead atoms. The second kappa shape index (κ2) is 12.6. The fourth-order valence-electron chi connectivity index (χ4n) is 5.77. The highest BCUT2D eigenvalue weighted by Crippen LogP contribution is 2.38. The van der Waals surface area contributed by atoms with Crippen molar-refractivity contribution in [2.45, 2.75) is 69.0 Å². The quantitative estimate of drug-likeness (QED) is 0.322. The number of nitrogens with zero attached hydrogens (tertiary/aromatic N) is 3. The van der Waals surface area contributed by atoms with E-state index in [0.717, 1.165) is 55.3 Å². The first-order chi connectivity index (χ1) is 19.7. The summed E-state index contributed by atoms with van der Waals surface area (Å²) in [4.78, 5) is 0. The lowest BCUT2D eigenvalue weighted by atomic mass is 9.88. The summed E-state index contributed by atoms with van der Waals surface area (Å²) in [5.74, 6) is 6.56. The second-order valence-corrected chi connectivity index (χ2v) is 10.7. The molecule has 1 aromatic heterocycles. The number of hydrogen-bond donors (Lipinski definition) is 1. The van der Waals surface area contributed by atoms with Gasteiger partial charge in [0.15, 0.2) is 0 Å². The summed E-state index contributed by atoms with van der Waals surface area (Å²) in [6.45, 7) is 0.0470. The van der Waals surface area contributed by atoms with Crippen LogP contribution in [0.2, 0.25) is 0 Å². The number of aliphatic hydroxyl groups is 1. The first-order valence-electron chi connectivity index (χ1n) is 14.3. The van der Waals surface area contributed by atoms with E-state index < -0.39 is 0 Å². The van der Waals surface area contributed by atoms with Gasteiger partial charge in [0, 0.05) is 24.0 Å². The number of aromatic nitrogens is 3. The van der Waals surface area contributed by atoms with Gasteiger partial charge in [0.2, 0.25) is 0 Å². The minimum absolute atomic E-state index is 0.00628. The summed E-state index contributed by atoms with van der Waals surface area (Å²) in [5, 5.41) is 18.7. The molecule has 0 spiro atoms. The molecule has 0 radical (unpaired) electrons. The van der Waals surface area contributed by atoms with Gasteiger partial charge in [-0.3, -0.25) is 0 Å². The number of aryl methyl sites for hydroxylation is 1. The van der Waals surface area contributed by atoms with E-state index in [9.17, 15) is 5.11 Å². The molecule has 2 aliphatic rings. The van der Waals surface area contributed by atoms with Crippen LogP contribution in [-0.4, -0.2) is 51.1 Å². The topological polar surface area (TPSA) is 69.4 Å². The molecular weight excluding hydrogens is 498 g/mol. The molecule has 3 aromatic carbocycles. The molecule has 5 atom stereocenters. The van der Waals surface area contributed by atoms with Crippen LogP contribution in [0, 0.1) is 11.8 Å². The van der Waals surface area contributed by atoms with E-state index in [1.54, 1.807) is 0 Å². The maximum Gasteiger partial charge on any atom is 0.113 e. The first kappa shape index (κ1) is 26.5. The maximum atomic E-state index is 9.67. The van der Waals surface area contributed by atoms with Crippen LogP contribution in [0.5, 0.6) is 0 Å². The second-order valence-electron chi connectivity index (χ2n) is 10.7. The number of rotatable bonds is 7. The third-order valence-corrected chi connectivity index (χ3v) is 7.97. The average Bonchev–Trinajstić information content (AvgIpc) is 3.51. The molecule has 6 rings (SSSR count). The summed E-state index contributed by atoms with van der Waals surface area (Å²) in [7, 11) is 0. The summed E-state index contributed by atoms with van der Waals surface area (Å²) in [5.41, 5.74) is 5.42. The predicted octanol–water partition coefficient (Wildman–Crippen LogP) is 5.41. The molecule has 2 aliphatic heterocycles. The van der Waals surface area contributed by atoms with E-state index in [4.69, 9.17) is 9.47 Å². The van der Waals surface area contributed by atoms with Crippen molar-refractivity contribution in [1.82, 2.24) is 15.0 Å². The van der Waals surface area contributed by atoms with Crippen molar-refractivity contribution in [2.75, 3.05) is 6.61 Å². The Kier molecular flexibility index (Phi) is 8.34. The highest BCUT2D eigenvalue weighted by atomic mass is 16.6. The van der Waals surface area contributed by atoms with Gasteiger partial charge in [0.25, 0.3) is 0 Å². The monoisotopic (exact) mass is 533 g/mol. The van der Waals surface area contributed by atoms with Crippen LogP contribution < -0.4 is 0 Å². The Morgan fingerprint density at radius 3 is 2.40 bits per heavy atom. The lowest BCUT2D eigenvalue weighted by Crippen LogP contribution is -2.51. The summed E-state index contributed by atoms with van der Waals surface area (Å²) in [6, 6.07) is 29.0. The van der Waals surface area contributed by atoms with Gasteiger partial charge in [-0.25, -0.2) is 4.68 Å². The Morgan fingerprint density at radius 1 is 0.850 bits per heavy atom. The highest BCUT2D eigenvalue weighted by molar-refractivity contribution is 5.57. The van der Waals surface area contributed by atoms with Crippen molar-refractivity contribution in [3.63, 3.8) is 0 Å². The fourth-order valence-corrected chi connectivity index (χ4v) is 5.77. The highest BCUT2D eigenvalue weighted by Gasteiger charge is 2.43. The Labute approximate surface area is 236 Å². The third-order valence-electron chi connectivity index (χ3n) is 7.97. The van der Waals surface area contributed by atoms with Gasteiger partial charge < -0.3 is 14.6 Å². The SMILES string of the molecule is OC[C@@H]1CC[C@@H]2O[C@H](CCc3ccc(C#CCc4ccccc4)cc3)[C@@H](n3cc(-c4ccccc4)nn3)C[C@@H]2O1. The molecule has 0 saturated carbocycles. The van der Waals surface area contributed by atoms with Crippen molar-refractivity contribution < 1.29 is 14.6 Å². The van der Waals surface area contributed by atoms with Crippen molar-refractivity contribution in [3.05, 3.63) is 108 Å². The van der Waals surface area contributed by atoms with E-state index in [2.05, 4.69) is 58.6 Å². The van der Waals surface area contributed by atoms with Gasteiger partial charge in [0.1, 0.15) is 5.69 Å². The molecule has 204 valence electrons. The van der Waals surface area contributed by atoms with Crippen molar-refractivity contribution in [2.24, 2.45) is 0 Å². The zero-order valence-corrected chi connectivity index (χ0v) is 22.6. The minimum atomic E-state index is -0.119. The molecule has 4 aromatic rings. The van der Waals surface area contributed by atoms with Crippen LogP contribution in [-0.2, 0) is 22.3 Å². The Balaban J connectivity index is 1.14. The van der Waals surface area contributed by atoms with Crippen molar-refractivity contribution >= 4 is 0 Å². The molecule has 3 heterocycles. The molecule has 2 fully saturated rings. The van der Waals surface area contributed by atoms with Gasteiger partial charge >= 0.3 is 0 Å². The van der Waals surface area contributed by atoms with E-state index in [1.165, 1.54) is 11.1 Å². The molecular formula is C34H35N3O3. The lowest BCUT2D eigenvalue weighted by Gasteiger charge is -2.45. The predicted molar refractivity (Wildman–Crippen MR) is 155 cm³/mol. The third kappa shape index (κ3) is 6.34. The van der Waals surface area contributed by atoms with Crippen molar-refractivity contribution in [3.8, 4) is 23.1 Å². The van der Waals surface area contributed by atoms with Crippen LogP contribution in [0.4, 0.5) is 0 Å². The molecule has 1 N–H and O–H groups in total. The average molecular weight is 534 g/mol. The van der Waals surface area contributed by atoms with Crippen LogP contribution in [0.3, 0.4) is 0 Å². The zero-order chi connectivity index (χ0) is 27.1. The minimum Gasteiger partial charge on any atom is -0.394 e. The Hall–Kier alpha value is -3.76. The Morgan fingerprint density at radius 2 is 1.62 bits per heavy atom. The molecule has 2 saturated heterocycles. The van der Waals surface area contributed by atoms with Gasteiger partial charge in [-0.2, -0.15) is 0 Å². The van der Waals surface area contributed by atoms with E-state index in [1.807, 2.05) is 59.4 Å². The van der Waals surface area contributed by atoms with Gasteiger partial charge in [-0.05, 0) is 48.9 Å². The standard InChI is InChI=1S/C34H35N3O3/c38-24-29-19-21-33-34(39-29)22-31(37-23-30(35-36-37)28-12-5-2-6-13-28)32(40-33)20-18-27-16-14-26(15-17-27)11-7-10-25-8-3-1-4-9-25/h1-6,8-9,12-17,23,29,31-34,38H,10,18-22,24H2/t29-,31-,32+,33-,34-/m0/s1.